The minimum Gasteiger partial charge on any atom is -0.384 e. The first-order valence-electron chi connectivity index (χ1n) is 7.40. The summed E-state index contributed by atoms with van der Waals surface area (Å²) in [6, 6.07) is 6.90. The number of benzene rings is 1. The molecule has 2 aliphatic rings. The Morgan fingerprint density at radius 2 is 2.26 bits per heavy atom. The van der Waals surface area contributed by atoms with Crippen molar-refractivity contribution in [3.8, 4) is 0 Å². The number of nitrogens with zero attached hydrogens (tertiary/aromatic N) is 1. The van der Waals surface area contributed by atoms with E-state index in [1.165, 1.54) is 11.3 Å². The van der Waals surface area contributed by atoms with Crippen LogP contribution in [0.2, 0.25) is 0 Å². The highest BCUT2D eigenvalue weighted by atomic mass is 16.2. The van der Waals surface area contributed by atoms with Crippen LogP contribution in [0.4, 0.5) is 5.69 Å². The lowest BCUT2D eigenvalue weighted by atomic mass is 10.1. The van der Waals surface area contributed by atoms with E-state index in [2.05, 4.69) is 36.2 Å². The summed E-state index contributed by atoms with van der Waals surface area (Å²) in [5, 5.41) is 3.34. The van der Waals surface area contributed by atoms with Crippen molar-refractivity contribution >= 4 is 11.6 Å². The lowest BCUT2D eigenvalue weighted by Crippen LogP contribution is -2.39. The van der Waals surface area contributed by atoms with Crippen LogP contribution >= 0.6 is 0 Å². The summed E-state index contributed by atoms with van der Waals surface area (Å²) in [7, 11) is 0. The molecule has 0 saturated carbocycles. The maximum Gasteiger partial charge on any atom is 0.254 e. The molecule has 3 rings (SSSR count). The summed E-state index contributed by atoms with van der Waals surface area (Å²) in [6.45, 7) is 5.34. The first kappa shape index (κ1) is 12.5. The molecule has 1 fully saturated rings. The van der Waals surface area contributed by atoms with Crippen LogP contribution in [-0.2, 0) is 6.42 Å². The van der Waals surface area contributed by atoms with Gasteiger partial charge in [-0.15, -0.1) is 0 Å². The van der Waals surface area contributed by atoms with Crippen molar-refractivity contribution in [3.05, 3.63) is 29.3 Å². The van der Waals surface area contributed by atoms with Crippen molar-refractivity contribution in [2.45, 2.75) is 51.6 Å². The Labute approximate surface area is 115 Å². The zero-order valence-electron chi connectivity index (χ0n) is 11.8. The van der Waals surface area contributed by atoms with Crippen LogP contribution in [-0.4, -0.2) is 29.4 Å². The van der Waals surface area contributed by atoms with Crippen molar-refractivity contribution in [2.24, 2.45) is 0 Å². The monoisotopic (exact) mass is 258 g/mol. The molecule has 0 spiro atoms. The lowest BCUT2D eigenvalue weighted by Gasteiger charge is -2.28. The molecule has 0 aliphatic carbocycles. The van der Waals surface area contributed by atoms with Crippen molar-refractivity contribution in [3.63, 3.8) is 0 Å². The number of nitrogens with one attached hydrogen (secondary N) is 1. The molecule has 3 heteroatoms. The number of hydrogen-bond donors (Lipinski definition) is 1. The predicted octanol–water partition coefficient (Wildman–Crippen LogP) is 3.06. The van der Waals surface area contributed by atoms with E-state index in [-0.39, 0.29) is 5.91 Å². The molecule has 0 radical (unpaired) electrons. The third-order valence-corrected chi connectivity index (χ3v) is 4.55. The van der Waals surface area contributed by atoms with Crippen molar-refractivity contribution in [1.82, 2.24) is 4.90 Å². The second-order valence-electron chi connectivity index (χ2n) is 5.75. The molecule has 2 atom stereocenters. The normalized spacial score (nSPS) is 25.3. The van der Waals surface area contributed by atoms with Crippen molar-refractivity contribution < 1.29 is 4.79 Å². The summed E-state index contributed by atoms with van der Waals surface area (Å²) >= 11 is 0. The second kappa shape index (κ2) is 4.87. The van der Waals surface area contributed by atoms with Gasteiger partial charge in [-0.1, -0.05) is 6.92 Å². The third-order valence-electron chi connectivity index (χ3n) is 4.55. The quantitative estimate of drug-likeness (QED) is 0.884. The van der Waals surface area contributed by atoms with Gasteiger partial charge in [-0.25, -0.2) is 0 Å². The molecule has 0 aromatic heterocycles. The van der Waals surface area contributed by atoms with E-state index in [1.54, 1.807) is 0 Å². The number of anilines is 1. The summed E-state index contributed by atoms with van der Waals surface area (Å²) in [5.41, 5.74) is 3.33. The van der Waals surface area contributed by atoms with Crippen LogP contribution in [0.1, 0.15) is 49.0 Å². The highest BCUT2D eigenvalue weighted by Crippen LogP contribution is 2.29. The van der Waals surface area contributed by atoms with Crippen molar-refractivity contribution in [2.75, 3.05) is 11.9 Å². The molecular formula is C16H22N2O. The van der Waals surface area contributed by atoms with E-state index in [1.807, 2.05) is 6.07 Å². The van der Waals surface area contributed by atoms with Gasteiger partial charge in [0.15, 0.2) is 0 Å². The smallest absolute Gasteiger partial charge is 0.254 e. The van der Waals surface area contributed by atoms with Crippen LogP contribution in [0.15, 0.2) is 18.2 Å². The molecule has 2 heterocycles. The summed E-state index contributed by atoms with van der Waals surface area (Å²) < 4.78 is 0. The Kier molecular flexibility index (Phi) is 3.21. The number of carbonyl (C=O) groups excluding carboxylic acids is 1. The van der Waals surface area contributed by atoms with E-state index in [0.717, 1.165) is 37.8 Å². The zero-order chi connectivity index (χ0) is 13.4. The SMILES string of the molecule is CCC1CCC(C)N1C(=O)c1ccc2c(c1)CCN2. The molecule has 2 aliphatic heterocycles. The van der Waals surface area contributed by atoms with Gasteiger partial charge in [0, 0.05) is 29.9 Å². The van der Waals surface area contributed by atoms with Gasteiger partial charge in [0.25, 0.3) is 5.91 Å². The van der Waals surface area contributed by atoms with Crippen LogP contribution in [0.25, 0.3) is 0 Å². The first-order valence-corrected chi connectivity index (χ1v) is 7.40. The van der Waals surface area contributed by atoms with Crippen LogP contribution in [0, 0.1) is 0 Å². The Morgan fingerprint density at radius 1 is 1.42 bits per heavy atom. The minimum absolute atomic E-state index is 0.214. The van der Waals surface area contributed by atoms with E-state index < -0.39 is 0 Å². The number of fused-ring (bicyclic) bond motifs is 1. The highest BCUT2D eigenvalue weighted by Gasteiger charge is 2.33. The molecular weight excluding hydrogens is 236 g/mol. The number of carbonyl (C=O) groups is 1. The topological polar surface area (TPSA) is 32.3 Å². The highest BCUT2D eigenvalue weighted by molar-refractivity contribution is 5.95. The molecule has 3 nitrogen and oxygen atoms in total. The van der Waals surface area contributed by atoms with Gasteiger partial charge in [-0.3, -0.25) is 4.79 Å². The molecule has 1 saturated heterocycles. The Balaban J connectivity index is 1.87. The zero-order valence-corrected chi connectivity index (χ0v) is 11.8. The molecule has 1 aromatic carbocycles. The Hall–Kier alpha value is -1.51. The molecule has 1 amide bonds. The molecule has 102 valence electrons. The largest absolute Gasteiger partial charge is 0.384 e. The molecule has 1 aromatic rings. The Morgan fingerprint density at radius 3 is 3.05 bits per heavy atom. The first-order chi connectivity index (χ1) is 9.20. The van der Waals surface area contributed by atoms with Crippen molar-refractivity contribution in [1.29, 1.82) is 0 Å². The lowest BCUT2D eigenvalue weighted by molar-refractivity contribution is 0.0676. The van der Waals surface area contributed by atoms with E-state index in [9.17, 15) is 4.79 Å². The standard InChI is InChI=1S/C16H22N2O/c1-3-14-6-4-11(2)18(14)16(19)13-5-7-15-12(10-13)8-9-17-15/h5,7,10-11,14,17H,3-4,6,8-9H2,1-2H3. The third kappa shape index (κ3) is 2.11. The molecule has 19 heavy (non-hydrogen) atoms. The number of amides is 1. The van der Waals surface area contributed by atoms with Gasteiger partial charge in [-0.05, 0) is 56.4 Å². The second-order valence-corrected chi connectivity index (χ2v) is 5.75. The average molecular weight is 258 g/mol. The van der Waals surface area contributed by atoms with Gasteiger partial charge in [0.1, 0.15) is 0 Å². The summed E-state index contributed by atoms with van der Waals surface area (Å²) in [4.78, 5) is 14.8. The van der Waals surface area contributed by atoms with Gasteiger partial charge < -0.3 is 10.2 Å². The van der Waals surface area contributed by atoms with Gasteiger partial charge >= 0.3 is 0 Å². The molecule has 2 unspecified atom stereocenters. The predicted molar refractivity (Wildman–Crippen MR) is 77.6 cm³/mol. The molecule has 0 bridgehead atoms. The number of rotatable bonds is 2. The maximum absolute atomic E-state index is 12.7. The fraction of sp³-hybridized carbons (Fsp3) is 0.562. The van der Waals surface area contributed by atoms with Crippen LogP contribution in [0.3, 0.4) is 0 Å². The summed E-state index contributed by atoms with van der Waals surface area (Å²) in [5.74, 6) is 0.214. The maximum atomic E-state index is 12.7. The van der Waals surface area contributed by atoms with E-state index in [0.29, 0.717) is 12.1 Å². The van der Waals surface area contributed by atoms with Crippen LogP contribution in [0.5, 0.6) is 0 Å². The van der Waals surface area contributed by atoms with Gasteiger partial charge in [0.2, 0.25) is 0 Å². The van der Waals surface area contributed by atoms with Gasteiger partial charge in [0.05, 0.1) is 0 Å². The summed E-state index contributed by atoms with van der Waals surface area (Å²) in [6.07, 6.45) is 4.37. The van der Waals surface area contributed by atoms with Crippen LogP contribution < -0.4 is 5.32 Å². The molecule has 1 N–H and O–H groups in total. The van der Waals surface area contributed by atoms with E-state index >= 15 is 0 Å². The number of hydrogen-bond acceptors (Lipinski definition) is 2. The Bertz CT molecular complexity index is 498. The van der Waals surface area contributed by atoms with Gasteiger partial charge in [-0.2, -0.15) is 0 Å². The fourth-order valence-electron chi connectivity index (χ4n) is 3.43. The fourth-order valence-corrected chi connectivity index (χ4v) is 3.43. The van der Waals surface area contributed by atoms with E-state index in [4.69, 9.17) is 0 Å². The minimum atomic E-state index is 0.214. The number of likely N-dealkylation sites (tertiary alicyclic amines) is 1. The average Bonchev–Trinajstić information content (AvgIpc) is 3.02.